The zero-order valence-corrected chi connectivity index (χ0v) is 10.4. The SMILES string of the molecule is CC(N)CC(=Cc1ccccc1)C(=S)S. The zero-order chi connectivity index (χ0) is 11.3. The monoisotopic (exact) mass is 237 g/mol. The summed E-state index contributed by atoms with van der Waals surface area (Å²) in [6.45, 7) is 1.96. The van der Waals surface area contributed by atoms with Crippen LogP contribution in [0.15, 0.2) is 35.9 Å². The molecule has 0 spiro atoms. The van der Waals surface area contributed by atoms with Crippen molar-refractivity contribution in [1.29, 1.82) is 0 Å². The van der Waals surface area contributed by atoms with Crippen molar-refractivity contribution in [3.05, 3.63) is 41.5 Å². The van der Waals surface area contributed by atoms with Gasteiger partial charge in [0.1, 0.15) is 0 Å². The largest absolute Gasteiger partial charge is 0.328 e. The highest BCUT2D eigenvalue weighted by atomic mass is 32.1. The number of hydrogen-bond donors (Lipinski definition) is 2. The first-order valence-corrected chi connectivity index (χ1v) is 5.69. The molecule has 15 heavy (non-hydrogen) atoms. The van der Waals surface area contributed by atoms with Crippen LogP contribution in [0.25, 0.3) is 6.08 Å². The zero-order valence-electron chi connectivity index (χ0n) is 8.68. The maximum atomic E-state index is 5.75. The molecule has 2 N–H and O–H groups in total. The van der Waals surface area contributed by atoms with Crippen LogP contribution in [-0.4, -0.2) is 10.2 Å². The molecule has 0 saturated carbocycles. The molecule has 0 bridgehead atoms. The van der Waals surface area contributed by atoms with Crippen LogP contribution in [0.3, 0.4) is 0 Å². The van der Waals surface area contributed by atoms with Crippen LogP contribution in [0.5, 0.6) is 0 Å². The van der Waals surface area contributed by atoms with Crippen LogP contribution < -0.4 is 5.73 Å². The molecule has 0 amide bonds. The van der Waals surface area contributed by atoms with Crippen LogP contribution in [0.2, 0.25) is 0 Å². The minimum atomic E-state index is 0.102. The van der Waals surface area contributed by atoms with Crippen molar-refractivity contribution in [2.75, 3.05) is 0 Å². The quantitative estimate of drug-likeness (QED) is 0.478. The van der Waals surface area contributed by atoms with E-state index in [1.165, 1.54) is 0 Å². The minimum Gasteiger partial charge on any atom is -0.328 e. The highest BCUT2D eigenvalue weighted by Crippen LogP contribution is 2.15. The van der Waals surface area contributed by atoms with Gasteiger partial charge in [-0.1, -0.05) is 42.5 Å². The van der Waals surface area contributed by atoms with E-state index in [4.69, 9.17) is 18.0 Å². The summed E-state index contributed by atoms with van der Waals surface area (Å²) in [5.41, 5.74) is 7.90. The molecule has 0 aliphatic heterocycles. The molecule has 0 aromatic heterocycles. The second-order valence-corrected chi connectivity index (χ2v) is 4.72. The summed E-state index contributed by atoms with van der Waals surface area (Å²) in [6.07, 6.45) is 2.80. The summed E-state index contributed by atoms with van der Waals surface area (Å²) in [5.74, 6) is 0. The highest BCUT2D eigenvalue weighted by Gasteiger charge is 2.04. The Labute approximate surface area is 102 Å². The second kappa shape index (κ2) is 6.05. The molecule has 1 aromatic carbocycles. The van der Waals surface area contributed by atoms with E-state index in [0.717, 1.165) is 17.6 Å². The molecule has 1 rings (SSSR count). The molecule has 80 valence electrons. The van der Waals surface area contributed by atoms with E-state index in [2.05, 4.69) is 12.6 Å². The van der Waals surface area contributed by atoms with Gasteiger partial charge < -0.3 is 5.73 Å². The smallest absolute Gasteiger partial charge is 0.0708 e. The molecular weight excluding hydrogens is 222 g/mol. The molecule has 1 unspecified atom stereocenters. The maximum absolute atomic E-state index is 5.75. The molecule has 0 saturated heterocycles. The fourth-order valence-corrected chi connectivity index (χ4v) is 1.60. The van der Waals surface area contributed by atoms with E-state index < -0.39 is 0 Å². The highest BCUT2D eigenvalue weighted by molar-refractivity contribution is 8.11. The number of thiocarbonyl (C=S) groups is 1. The van der Waals surface area contributed by atoms with E-state index in [1.807, 2.05) is 43.3 Å². The molecule has 3 heteroatoms. The standard InChI is InChI=1S/C12H15NS2/c1-9(13)7-11(12(14)15)8-10-5-3-2-4-6-10/h2-6,8-9H,7,13H2,1H3,(H,14,15). The molecule has 0 aliphatic rings. The molecule has 0 heterocycles. The van der Waals surface area contributed by atoms with Crippen LogP contribution in [0.4, 0.5) is 0 Å². The van der Waals surface area contributed by atoms with Crippen molar-refractivity contribution in [1.82, 2.24) is 0 Å². The van der Waals surface area contributed by atoms with Crippen molar-refractivity contribution in [3.8, 4) is 0 Å². The third-order valence-corrected chi connectivity index (χ3v) is 2.51. The van der Waals surface area contributed by atoms with Crippen LogP contribution in [0.1, 0.15) is 18.9 Å². The average Bonchev–Trinajstić information content (AvgIpc) is 2.17. The topological polar surface area (TPSA) is 26.0 Å². The van der Waals surface area contributed by atoms with Gasteiger partial charge in [-0.15, -0.1) is 12.6 Å². The fourth-order valence-electron chi connectivity index (χ4n) is 1.31. The Bertz CT molecular complexity index is 355. The third kappa shape index (κ3) is 4.60. The molecule has 0 aliphatic carbocycles. The van der Waals surface area contributed by atoms with E-state index in [1.54, 1.807) is 0 Å². The fraction of sp³-hybridized carbons (Fsp3) is 0.250. The van der Waals surface area contributed by atoms with Crippen LogP contribution in [-0.2, 0) is 0 Å². The van der Waals surface area contributed by atoms with Gasteiger partial charge in [-0.05, 0) is 30.6 Å². The van der Waals surface area contributed by atoms with Gasteiger partial charge in [-0.2, -0.15) is 0 Å². The number of thiol groups is 1. The third-order valence-electron chi connectivity index (χ3n) is 1.96. The van der Waals surface area contributed by atoms with E-state index in [0.29, 0.717) is 4.20 Å². The van der Waals surface area contributed by atoms with Gasteiger partial charge in [0, 0.05) is 6.04 Å². The van der Waals surface area contributed by atoms with Crippen molar-refractivity contribution < 1.29 is 0 Å². The van der Waals surface area contributed by atoms with Crippen molar-refractivity contribution in [2.45, 2.75) is 19.4 Å². The maximum Gasteiger partial charge on any atom is 0.0708 e. The van der Waals surface area contributed by atoms with E-state index >= 15 is 0 Å². The van der Waals surface area contributed by atoms with Gasteiger partial charge in [0.05, 0.1) is 4.20 Å². The molecule has 1 nitrogen and oxygen atoms in total. The lowest BCUT2D eigenvalue weighted by Gasteiger charge is -2.08. The van der Waals surface area contributed by atoms with Crippen LogP contribution in [0, 0.1) is 0 Å². The Hall–Kier alpha value is -0.640. The molecule has 1 atom stereocenters. The van der Waals surface area contributed by atoms with Gasteiger partial charge in [-0.25, -0.2) is 0 Å². The predicted molar refractivity (Wildman–Crippen MR) is 74.3 cm³/mol. The van der Waals surface area contributed by atoms with Crippen LogP contribution >= 0.6 is 24.8 Å². The van der Waals surface area contributed by atoms with Crippen molar-refractivity contribution in [3.63, 3.8) is 0 Å². The lowest BCUT2D eigenvalue weighted by Crippen LogP contribution is -2.16. The van der Waals surface area contributed by atoms with Gasteiger partial charge in [-0.3, -0.25) is 0 Å². The Kier molecular flexibility index (Phi) is 5.02. The molecule has 1 aromatic rings. The number of hydrogen-bond acceptors (Lipinski definition) is 2. The minimum absolute atomic E-state index is 0.102. The molecule has 0 radical (unpaired) electrons. The Morgan fingerprint density at radius 3 is 2.53 bits per heavy atom. The van der Waals surface area contributed by atoms with Gasteiger partial charge in [0.15, 0.2) is 0 Å². The van der Waals surface area contributed by atoms with Gasteiger partial charge in [0.25, 0.3) is 0 Å². The second-order valence-electron chi connectivity index (χ2n) is 3.57. The number of rotatable bonds is 4. The Balaban J connectivity index is 2.89. The number of nitrogens with two attached hydrogens (primary N) is 1. The van der Waals surface area contributed by atoms with E-state index in [-0.39, 0.29) is 6.04 Å². The summed E-state index contributed by atoms with van der Waals surface area (Å²) in [7, 11) is 0. The van der Waals surface area contributed by atoms with Crippen molar-refractivity contribution in [2.24, 2.45) is 5.73 Å². The Morgan fingerprint density at radius 2 is 2.07 bits per heavy atom. The molecule has 0 fully saturated rings. The summed E-state index contributed by atoms with van der Waals surface area (Å²) in [6, 6.07) is 10.2. The van der Waals surface area contributed by atoms with E-state index in [9.17, 15) is 0 Å². The number of benzene rings is 1. The average molecular weight is 237 g/mol. The van der Waals surface area contributed by atoms with Crippen molar-refractivity contribution >= 4 is 35.1 Å². The summed E-state index contributed by atoms with van der Waals surface area (Å²) >= 11 is 9.28. The normalized spacial score (nSPS) is 13.7. The lowest BCUT2D eigenvalue weighted by atomic mass is 10.1. The van der Waals surface area contributed by atoms with Gasteiger partial charge >= 0.3 is 0 Å². The predicted octanol–water partition coefficient (Wildman–Crippen LogP) is 3.06. The first-order chi connectivity index (χ1) is 7.09. The summed E-state index contributed by atoms with van der Waals surface area (Å²) in [4.78, 5) is 0. The first-order valence-electron chi connectivity index (χ1n) is 4.84. The van der Waals surface area contributed by atoms with Gasteiger partial charge in [0.2, 0.25) is 0 Å². The summed E-state index contributed by atoms with van der Waals surface area (Å²) in [5, 5.41) is 0. The lowest BCUT2D eigenvalue weighted by molar-refractivity contribution is 0.750. The molecular formula is C12H15NS2. The first kappa shape index (κ1) is 12.4. The Morgan fingerprint density at radius 1 is 1.47 bits per heavy atom. The summed E-state index contributed by atoms with van der Waals surface area (Å²) < 4.78 is 0.621.